The van der Waals surface area contributed by atoms with Gasteiger partial charge < -0.3 is 19.7 Å². The van der Waals surface area contributed by atoms with E-state index in [2.05, 4.69) is 0 Å². The number of carboxylic acids is 2. The fourth-order valence-electron chi connectivity index (χ4n) is 2.48. The van der Waals surface area contributed by atoms with Crippen molar-refractivity contribution in [3.8, 4) is 5.75 Å². The van der Waals surface area contributed by atoms with Crippen molar-refractivity contribution < 1.29 is 34.1 Å². The Morgan fingerprint density at radius 2 is 1.52 bits per heavy atom. The monoisotopic (exact) mass is 372 g/mol. The Balaban J connectivity index is 2.28. The molecule has 0 aliphatic heterocycles. The summed E-state index contributed by atoms with van der Waals surface area (Å²) in [6.07, 6.45) is -0.851. The van der Waals surface area contributed by atoms with Crippen LogP contribution in [-0.4, -0.2) is 41.1 Å². The van der Waals surface area contributed by atoms with Crippen LogP contribution in [0.4, 0.5) is 0 Å². The van der Waals surface area contributed by atoms with E-state index in [1.165, 1.54) is 12.1 Å². The second-order valence-electron chi connectivity index (χ2n) is 5.65. The highest BCUT2D eigenvalue weighted by atomic mass is 16.5. The number of benzene rings is 2. The first-order valence-electron chi connectivity index (χ1n) is 8.33. The zero-order valence-electron chi connectivity index (χ0n) is 14.7. The molecule has 0 radical (unpaired) electrons. The van der Waals surface area contributed by atoms with Crippen LogP contribution in [0.15, 0.2) is 54.6 Å². The molecule has 0 amide bonds. The number of hydrogen-bond acceptors (Lipinski definition) is 5. The van der Waals surface area contributed by atoms with Crippen molar-refractivity contribution in [3.63, 3.8) is 0 Å². The lowest BCUT2D eigenvalue weighted by Gasteiger charge is -2.19. The molecule has 27 heavy (non-hydrogen) atoms. The second kappa shape index (κ2) is 9.49. The molecule has 0 fully saturated rings. The summed E-state index contributed by atoms with van der Waals surface area (Å²) in [5.74, 6) is -5.01. The van der Waals surface area contributed by atoms with Crippen molar-refractivity contribution in [2.24, 2.45) is 5.92 Å². The Kier molecular flexibility index (Phi) is 7.08. The van der Waals surface area contributed by atoms with Crippen LogP contribution in [0.25, 0.3) is 0 Å². The van der Waals surface area contributed by atoms with Crippen molar-refractivity contribution in [1.29, 1.82) is 0 Å². The van der Waals surface area contributed by atoms with Crippen LogP contribution in [0, 0.1) is 5.92 Å². The lowest BCUT2D eigenvalue weighted by Crippen LogP contribution is -2.29. The highest BCUT2D eigenvalue weighted by Gasteiger charge is 2.29. The predicted octanol–water partition coefficient (Wildman–Crippen LogP) is 2.81. The Morgan fingerprint density at radius 1 is 0.926 bits per heavy atom. The number of carboxylic acid groups (broad SMARTS) is 2. The van der Waals surface area contributed by atoms with Gasteiger partial charge in [0.25, 0.3) is 0 Å². The van der Waals surface area contributed by atoms with Crippen molar-refractivity contribution in [2.75, 3.05) is 13.2 Å². The van der Waals surface area contributed by atoms with Crippen LogP contribution in [0.3, 0.4) is 0 Å². The molecule has 1 unspecified atom stereocenters. The van der Waals surface area contributed by atoms with Gasteiger partial charge in [0.05, 0.1) is 5.56 Å². The minimum Gasteiger partial charge on any atom is -0.491 e. The van der Waals surface area contributed by atoms with E-state index < -0.39 is 30.6 Å². The molecule has 2 rings (SSSR count). The predicted molar refractivity (Wildman–Crippen MR) is 95.8 cm³/mol. The summed E-state index contributed by atoms with van der Waals surface area (Å²) in [4.78, 5) is 35.1. The van der Waals surface area contributed by atoms with Crippen LogP contribution in [0.1, 0.15) is 28.9 Å². The van der Waals surface area contributed by atoms with Gasteiger partial charge >= 0.3 is 11.9 Å². The number of aliphatic carboxylic acids is 2. The molecule has 0 heterocycles. The molecule has 0 aliphatic rings. The van der Waals surface area contributed by atoms with Gasteiger partial charge in [-0.1, -0.05) is 42.5 Å². The molecule has 0 saturated carbocycles. The van der Waals surface area contributed by atoms with Gasteiger partial charge in [0, 0.05) is 6.61 Å². The van der Waals surface area contributed by atoms with E-state index in [-0.39, 0.29) is 17.1 Å². The number of Topliss-reactive ketones (excluding diaryl/α,β-unsaturated/α-hetero) is 1. The summed E-state index contributed by atoms with van der Waals surface area (Å²) < 4.78 is 11.0. The number of para-hydroxylation sites is 1. The zero-order valence-corrected chi connectivity index (χ0v) is 14.7. The molecule has 0 saturated heterocycles. The SMILES string of the molecule is CCOC(C(=O)c1ccccc1OCC(C(=O)O)C(=O)O)c1ccccc1. The van der Waals surface area contributed by atoms with E-state index in [1.54, 1.807) is 43.3 Å². The summed E-state index contributed by atoms with van der Waals surface area (Å²) in [6, 6.07) is 15.2. The van der Waals surface area contributed by atoms with Crippen LogP contribution < -0.4 is 4.74 Å². The van der Waals surface area contributed by atoms with Crippen LogP contribution >= 0.6 is 0 Å². The van der Waals surface area contributed by atoms with E-state index in [1.807, 2.05) is 6.07 Å². The fourth-order valence-corrected chi connectivity index (χ4v) is 2.48. The number of carbonyl (C=O) groups is 3. The minimum absolute atomic E-state index is 0.107. The maximum atomic E-state index is 13.0. The molecule has 0 aliphatic carbocycles. The normalized spacial score (nSPS) is 11.8. The fraction of sp³-hybridized carbons (Fsp3) is 0.250. The average molecular weight is 372 g/mol. The smallest absolute Gasteiger partial charge is 0.321 e. The maximum absolute atomic E-state index is 13.0. The summed E-state index contributed by atoms with van der Waals surface area (Å²) in [7, 11) is 0. The largest absolute Gasteiger partial charge is 0.491 e. The number of ketones is 1. The average Bonchev–Trinajstić information content (AvgIpc) is 2.66. The molecule has 2 aromatic rings. The van der Waals surface area contributed by atoms with Crippen molar-refractivity contribution in [1.82, 2.24) is 0 Å². The van der Waals surface area contributed by atoms with Gasteiger partial charge in [-0.05, 0) is 24.6 Å². The Bertz CT molecular complexity index is 787. The van der Waals surface area contributed by atoms with Gasteiger partial charge in [-0.25, -0.2) is 0 Å². The molecule has 142 valence electrons. The van der Waals surface area contributed by atoms with Crippen molar-refractivity contribution >= 4 is 17.7 Å². The van der Waals surface area contributed by atoms with E-state index in [0.717, 1.165) is 0 Å². The van der Waals surface area contributed by atoms with Gasteiger partial charge in [0.15, 0.2) is 11.7 Å². The number of rotatable bonds is 10. The minimum atomic E-state index is -1.73. The molecular formula is C20H20O7. The standard InChI is InChI=1S/C20H20O7/c1-2-26-18(13-8-4-3-5-9-13)17(21)14-10-6-7-11-16(14)27-12-15(19(22)23)20(24)25/h3-11,15,18H,2,12H2,1H3,(H,22,23)(H,24,25). The maximum Gasteiger partial charge on any atom is 0.321 e. The molecule has 0 bridgehead atoms. The zero-order chi connectivity index (χ0) is 19.8. The third-order valence-corrected chi connectivity index (χ3v) is 3.83. The van der Waals surface area contributed by atoms with Crippen LogP contribution in [0.2, 0.25) is 0 Å². The third-order valence-electron chi connectivity index (χ3n) is 3.83. The Labute approximate surface area is 156 Å². The van der Waals surface area contributed by atoms with E-state index in [4.69, 9.17) is 19.7 Å². The molecule has 7 nitrogen and oxygen atoms in total. The molecular weight excluding hydrogens is 352 g/mol. The highest BCUT2D eigenvalue weighted by Crippen LogP contribution is 2.28. The molecule has 1 atom stereocenters. The van der Waals surface area contributed by atoms with Gasteiger partial charge in [-0.15, -0.1) is 0 Å². The van der Waals surface area contributed by atoms with E-state index in [0.29, 0.717) is 12.2 Å². The highest BCUT2D eigenvalue weighted by molar-refractivity contribution is 6.02. The molecule has 0 spiro atoms. The van der Waals surface area contributed by atoms with E-state index in [9.17, 15) is 14.4 Å². The first-order valence-corrected chi connectivity index (χ1v) is 8.33. The summed E-state index contributed by atoms with van der Waals surface area (Å²) >= 11 is 0. The number of hydrogen-bond donors (Lipinski definition) is 2. The second-order valence-corrected chi connectivity index (χ2v) is 5.65. The Morgan fingerprint density at radius 3 is 2.11 bits per heavy atom. The van der Waals surface area contributed by atoms with Gasteiger partial charge in [-0.2, -0.15) is 0 Å². The summed E-state index contributed by atoms with van der Waals surface area (Å²) in [5.41, 5.74) is 0.863. The van der Waals surface area contributed by atoms with Crippen LogP contribution in [0.5, 0.6) is 5.75 Å². The molecule has 0 aromatic heterocycles. The van der Waals surface area contributed by atoms with Gasteiger partial charge in [0.1, 0.15) is 18.5 Å². The molecule has 7 heteroatoms. The van der Waals surface area contributed by atoms with E-state index >= 15 is 0 Å². The number of carbonyl (C=O) groups excluding carboxylic acids is 1. The van der Waals surface area contributed by atoms with Gasteiger partial charge in [0.2, 0.25) is 0 Å². The lowest BCUT2D eigenvalue weighted by atomic mass is 9.99. The molecule has 2 aromatic carbocycles. The lowest BCUT2D eigenvalue weighted by molar-refractivity contribution is -0.155. The first-order chi connectivity index (χ1) is 13.0. The summed E-state index contributed by atoms with van der Waals surface area (Å²) in [6.45, 7) is 1.49. The molecule has 2 N–H and O–H groups in total. The van der Waals surface area contributed by atoms with Crippen LogP contribution in [-0.2, 0) is 14.3 Å². The quantitative estimate of drug-likeness (QED) is 0.487. The summed E-state index contributed by atoms with van der Waals surface area (Å²) in [5, 5.41) is 17.9. The first kappa shape index (κ1) is 20.1. The van der Waals surface area contributed by atoms with Crippen molar-refractivity contribution in [2.45, 2.75) is 13.0 Å². The van der Waals surface area contributed by atoms with Gasteiger partial charge in [-0.3, -0.25) is 14.4 Å². The van der Waals surface area contributed by atoms with Crippen molar-refractivity contribution in [3.05, 3.63) is 65.7 Å². The Hall–Kier alpha value is -3.19. The third kappa shape index (κ3) is 5.15. The number of ether oxygens (including phenoxy) is 2. The topological polar surface area (TPSA) is 110 Å².